The fraction of sp³-hybridized carbons (Fsp3) is 0.318. The number of halogens is 2. The van der Waals surface area contributed by atoms with E-state index in [2.05, 4.69) is 5.16 Å². The summed E-state index contributed by atoms with van der Waals surface area (Å²) in [6.07, 6.45) is 0.290. The number of anilines is 1. The second-order valence-corrected chi connectivity index (χ2v) is 9.01. The van der Waals surface area contributed by atoms with E-state index < -0.39 is 22.6 Å². The number of hydrogen-bond donors (Lipinski definition) is 0. The number of carbonyl (C=O) groups is 2. The maximum atomic E-state index is 13.6. The highest BCUT2D eigenvalue weighted by Gasteiger charge is 2.70. The zero-order valence-electron chi connectivity index (χ0n) is 16.4. The molecule has 2 aromatic carbocycles. The first-order valence-electron chi connectivity index (χ1n) is 10.2. The van der Waals surface area contributed by atoms with Crippen molar-refractivity contribution in [2.75, 3.05) is 4.90 Å². The lowest BCUT2D eigenvalue weighted by atomic mass is 9.71. The van der Waals surface area contributed by atoms with E-state index in [1.807, 2.05) is 0 Å². The van der Waals surface area contributed by atoms with E-state index in [-0.39, 0.29) is 52.1 Å². The number of fused-ring (bicyclic) bond motifs is 8. The van der Waals surface area contributed by atoms with Gasteiger partial charge in [0, 0.05) is 29.5 Å². The molecule has 2 bridgehead atoms. The normalized spacial score (nSPS) is 32.1. The molecule has 0 aromatic heterocycles. The predicted octanol–water partition coefficient (Wildman–Crippen LogP) is 3.56. The summed E-state index contributed by atoms with van der Waals surface area (Å²) in [5.41, 5.74) is 1.35. The molecule has 0 N–H and O–H groups in total. The van der Waals surface area contributed by atoms with E-state index in [9.17, 15) is 24.1 Å². The van der Waals surface area contributed by atoms with Crippen molar-refractivity contribution < 1.29 is 23.7 Å². The average molecular weight is 456 g/mol. The lowest BCUT2D eigenvalue weighted by Crippen LogP contribution is -2.41. The fourth-order valence-corrected chi connectivity index (χ4v) is 6.20. The van der Waals surface area contributed by atoms with Crippen molar-refractivity contribution in [3.63, 3.8) is 0 Å². The van der Waals surface area contributed by atoms with Crippen LogP contribution in [-0.4, -0.2) is 28.6 Å². The number of benzene rings is 2. The summed E-state index contributed by atoms with van der Waals surface area (Å²) in [7, 11) is 0. The van der Waals surface area contributed by atoms with Gasteiger partial charge in [-0.1, -0.05) is 28.9 Å². The van der Waals surface area contributed by atoms with E-state index in [0.29, 0.717) is 17.7 Å². The molecule has 2 aliphatic carbocycles. The molecule has 32 heavy (non-hydrogen) atoms. The second-order valence-electron chi connectivity index (χ2n) is 8.61. The summed E-state index contributed by atoms with van der Waals surface area (Å²) in [5, 5.41) is 15.2. The molecule has 0 radical (unpaired) electrons. The van der Waals surface area contributed by atoms with Crippen molar-refractivity contribution in [2.45, 2.75) is 12.5 Å². The van der Waals surface area contributed by atoms with Gasteiger partial charge in [-0.3, -0.25) is 19.7 Å². The van der Waals surface area contributed by atoms with Crippen LogP contribution in [0, 0.1) is 45.5 Å². The second kappa shape index (κ2) is 6.59. The zero-order valence-corrected chi connectivity index (χ0v) is 17.1. The Morgan fingerprint density at radius 3 is 2.56 bits per heavy atom. The van der Waals surface area contributed by atoms with E-state index in [0.717, 1.165) is 11.0 Å². The van der Waals surface area contributed by atoms with Crippen LogP contribution in [0.25, 0.3) is 0 Å². The van der Waals surface area contributed by atoms with Gasteiger partial charge in [-0.15, -0.1) is 0 Å². The van der Waals surface area contributed by atoms with Crippen molar-refractivity contribution in [1.29, 1.82) is 0 Å². The van der Waals surface area contributed by atoms with E-state index in [1.165, 1.54) is 24.3 Å². The van der Waals surface area contributed by atoms with Gasteiger partial charge in [0.2, 0.25) is 11.8 Å². The maximum absolute atomic E-state index is 13.6. The van der Waals surface area contributed by atoms with Gasteiger partial charge < -0.3 is 4.84 Å². The molecule has 8 nitrogen and oxygen atoms in total. The first kappa shape index (κ1) is 19.4. The Balaban J connectivity index is 1.34. The number of oxime groups is 1. The Kier molecular flexibility index (Phi) is 3.98. The number of non-ortho nitro benzene ring substituents is 1. The lowest BCUT2D eigenvalue weighted by Gasteiger charge is -2.29. The van der Waals surface area contributed by atoms with E-state index >= 15 is 0 Å². The number of imide groups is 1. The monoisotopic (exact) mass is 455 g/mol. The van der Waals surface area contributed by atoms with Crippen LogP contribution in [0.3, 0.4) is 0 Å². The van der Waals surface area contributed by atoms with Crippen molar-refractivity contribution in [2.24, 2.45) is 34.7 Å². The Morgan fingerprint density at radius 2 is 1.84 bits per heavy atom. The number of carbonyl (C=O) groups excluding carboxylic acids is 2. The maximum Gasteiger partial charge on any atom is 0.270 e. The summed E-state index contributed by atoms with van der Waals surface area (Å²) in [6.45, 7) is 0. The van der Waals surface area contributed by atoms with E-state index in [1.54, 1.807) is 12.1 Å². The highest BCUT2D eigenvalue weighted by molar-refractivity contribution is 6.31. The quantitative estimate of drug-likeness (QED) is 0.400. The molecule has 2 aliphatic heterocycles. The molecule has 2 saturated carbocycles. The molecule has 0 unspecified atom stereocenters. The van der Waals surface area contributed by atoms with Gasteiger partial charge in [0.1, 0.15) is 11.9 Å². The fourth-order valence-electron chi connectivity index (χ4n) is 6.02. The first-order valence-corrected chi connectivity index (χ1v) is 10.6. The molecule has 6 rings (SSSR count). The van der Waals surface area contributed by atoms with Gasteiger partial charge in [0.05, 0.1) is 33.2 Å². The standard InChI is InChI=1S/C22H15ClFN3O5/c23-14-7-10(4-5-15(14)24)26-21(28)16-12-8-13(17(16)22(26)29)20-18(12)19(25-32-20)9-2-1-3-11(6-9)27(30)31/h1-7,12-13,16-18,20H,8H2/t12-,13-,16-,17-,18-,20+/m1/s1. The number of nitrogens with zero attached hydrogens (tertiary/aromatic N) is 3. The summed E-state index contributed by atoms with van der Waals surface area (Å²) in [4.78, 5) is 44.1. The van der Waals surface area contributed by atoms with Gasteiger partial charge in [0.15, 0.2) is 0 Å². The number of rotatable bonds is 3. The van der Waals surface area contributed by atoms with Crippen LogP contribution in [0.2, 0.25) is 5.02 Å². The number of nitro groups is 1. The van der Waals surface area contributed by atoms with Crippen LogP contribution < -0.4 is 4.90 Å². The van der Waals surface area contributed by atoms with Gasteiger partial charge in [-0.05, 0) is 30.5 Å². The van der Waals surface area contributed by atoms with Gasteiger partial charge in [0.25, 0.3) is 5.69 Å². The molecule has 2 aromatic rings. The van der Waals surface area contributed by atoms with Gasteiger partial charge in [-0.2, -0.15) is 0 Å². The third-order valence-electron chi connectivity index (χ3n) is 7.20. The summed E-state index contributed by atoms with van der Waals surface area (Å²) in [6, 6.07) is 9.95. The largest absolute Gasteiger partial charge is 0.391 e. The third kappa shape index (κ3) is 2.45. The topological polar surface area (TPSA) is 102 Å². The van der Waals surface area contributed by atoms with E-state index in [4.69, 9.17) is 16.4 Å². The van der Waals surface area contributed by atoms with Crippen molar-refractivity contribution in [1.82, 2.24) is 0 Å². The van der Waals surface area contributed by atoms with Crippen LogP contribution in [0.15, 0.2) is 47.6 Å². The molecule has 4 aliphatic rings. The molecule has 3 fully saturated rings. The summed E-state index contributed by atoms with van der Waals surface area (Å²) in [5.74, 6) is -2.95. The third-order valence-corrected chi connectivity index (χ3v) is 7.49. The molecule has 2 amide bonds. The first-order chi connectivity index (χ1) is 15.4. The van der Waals surface area contributed by atoms with Crippen molar-refractivity contribution in [3.05, 3.63) is 69.0 Å². The Bertz CT molecular complexity index is 1250. The lowest BCUT2D eigenvalue weighted by molar-refractivity contribution is -0.384. The van der Waals surface area contributed by atoms with Crippen LogP contribution >= 0.6 is 11.6 Å². The summed E-state index contributed by atoms with van der Waals surface area (Å²) >= 11 is 5.87. The molecule has 0 spiro atoms. The summed E-state index contributed by atoms with van der Waals surface area (Å²) < 4.78 is 13.6. The Labute approximate surface area is 185 Å². The van der Waals surface area contributed by atoms with Crippen molar-refractivity contribution >= 4 is 40.5 Å². The minimum atomic E-state index is -0.629. The van der Waals surface area contributed by atoms with Crippen LogP contribution in [0.5, 0.6) is 0 Å². The molecule has 6 atom stereocenters. The Hall–Kier alpha value is -3.33. The van der Waals surface area contributed by atoms with Crippen LogP contribution in [0.4, 0.5) is 15.8 Å². The predicted molar refractivity (Wildman–Crippen MR) is 110 cm³/mol. The Morgan fingerprint density at radius 1 is 1.09 bits per heavy atom. The van der Waals surface area contributed by atoms with Crippen LogP contribution in [0.1, 0.15) is 12.0 Å². The molecule has 2 heterocycles. The molecular formula is C22H15ClFN3O5. The molecule has 162 valence electrons. The van der Waals surface area contributed by atoms with Crippen LogP contribution in [-0.2, 0) is 14.4 Å². The number of nitro benzene ring substituents is 1. The number of amides is 2. The minimum Gasteiger partial charge on any atom is -0.391 e. The smallest absolute Gasteiger partial charge is 0.270 e. The SMILES string of the molecule is O=C1[C@@H]2[C@H]3C[C@@H]([C@@H]4ON=C(c5cccc([N+](=O)[O-])c5)[C@@H]34)[C@H]2C(=O)N1c1ccc(F)c(Cl)c1. The minimum absolute atomic E-state index is 0.0545. The van der Waals surface area contributed by atoms with Gasteiger partial charge >= 0.3 is 0 Å². The average Bonchev–Trinajstić information content (AvgIpc) is 3.50. The molecular weight excluding hydrogens is 441 g/mol. The molecule has 1 saturated heterocycles. The number of hydrogen-bond acceptors (Lipinski definition) is 6. The van der Waals surface area contributed by atoms with Gasteiger partial charge in [-0.25, -0.2) is 9.29 Å². The highest BCUT2D eigenvalue weighted by Crippen LogP contribution is 2.62. The zero-order chi connectivity index (χ0) is 22.3. The van der Waals surface area contributed by atoms with Crippen molar-refractivity contribution in [3.8, 4) is 0 Å². The highest BCUT2D eigenvalue weighted by atomic mass is 35.5. The molecule has 10 heteroatoms.